The zero-order valence-electron chi connectivity index (χ0n) is 14.1. The number of carbonyl (C=O) groups excluding carboxylic acids is 3. The summed E-state index contributed by atoms with van der Waals surface area (Å²) in [7, 11) is 1.51. The molecule has 4 unspecified atom stereocenters. The molecule has 0 saturated carbocycles. The van der Waals surface area contributed by atoms with Crippen molar-refractivity contribution in [2.75, 3.05) is 24.7 Å². The number of carbonyl (C=O) groups is 3. The average molecular weight is 382 g/mol. The van der Waals surface area contributed by atoms with Crippen molar-refractivity contribution >= 4 is 41.5 Å². The van der Waals surface area contributed by atoms with Gasteiger partial charge in [-0.2, -0.15) is 0 Å². The fourth-order valence-corrected chi connectivity index (χ4v) is 4.03. The summed E-state index contributed by atoms with van der Waals surface area (Å²) in [6, 6.07) is 4.87. The molecule has 3 fully saturated rings. The smallest absolute Gasteiger partial charge is 0.244 e. The molecular weight excluding hydrogens is 362 g/mol. The van der Waals surface area contributed by atoms with Gasteiger partial charge in [-0.15, -0.1) is 12.4 Å². The van der Waals surface area contributed by atoms with Crippen LogP contribution in [0.2, 0.25) is 0 Å². The van der Waals surface area contributed by atoms with Crippen LogP contribution in [0.5, 0.6) is 5.75 Å². The number of methoxy groups -OCH3 is 1. The van der Waals surface area contributed by atoms with Crippen molar-refractivity contribution in [1.82, 2.24) is 4.90 Å². The number of ether oxygens (including phenoxy) is 2. The lowest BCUT2D eigenvalue weighted by Crippen LogP contribution is -2.40. The van der Waals surface area contributed by atoms with E-state index in [1.54, 1.807) is 18.2 Å². The molecule has 26 heavy (non-hydrogen) atoms. The molecule has 0 aromatic heterocycles. The minimum absolute atomic E-state index is 0. The second kappa shape index (κ2) is 6.77. The highest BCUT2D eigenvalue weighted by Crippen LogP contribution is 2.48. The van der Waals surface area contributed by atoms with Crippen LogP contribution in [0, 0.1) is 11.8 Å². The molecule has 3 N–H and O–H groups in total. The average Bonchev–Trinajstić information content (AvgIpc) is 3.27. The predicted octanol–water partition coefficient (Wildman–Crippen LogP) is 0.800. The summed E-state index contributed by atoms with van der Waals surface area (Å²) in [6.45, 7) is -0.319. The van der Waals surface area contributed by atoms with Gasteiger partial charge in [-0.25, -0.2) is 0 Å². The molecule has 2 bridgehead atoms. The quantitative estimate of drug-likeness (QED) is 0.589. The number of anilines is 2. The first-order chi connectivity index (χ1) is 12.0. The van der Waals surface area contributed by atoms with E-state index in [4.69, 9.17) is 15.2 Å². The summed E-state index contributed by atoms with van der Waals surface area (Å²) in [5.74, 6) is -1.41. The number of halogens is 1. The molecule has 4 rings (SSSR count). The van der Waals surface area contributed by atoms with Gasteiger partial charge in [0.05, 0.1) is 42.5 Å². The molecule has 0 spiro atoms. The van der Waals surface area contributed by atoms with E-state index in [2.05, 4.69) is 5.32 Å². The second-order valence-electron chi connectivity index (χ2n) is 6.61. The molecule has 0 aliphatic carbocycles. The minimum Gasteiger partial charge on any atom is -0.497 e. The number of likely N-dealkylation sites (tertiary alicyclic amines) is 1. The summed E-state index contributed by atoms with van der Waals surface area (Å²) in [5.41, 5.74) is 6.59. The van der Waals surface area contributed by atoms with Gasteiger partial charge in [-0.3, -0.25) is 19.3 Å². The zero-order valence-corrected chi connectivity index (χ0v) is 15.0. The Morgan fingerprint density at radius 1 is 1.27 bits per heavy atom. The standard InChI is InChI=1S/C17H19N3O5.ClH/c1-24-8-2-3-9(18)10(6-8)19-13(21)7-20-16(22)14-11-4-5-12(25-11)15(14)17(20)23;/h2-3,6,11-12,14-15H,4-5,7,18H2,1H3,(H,19,21);1H. The molecule has 3 amide bonds. The number of nitrogens with two attached hydrogens (primary N) is 1. The van der Waals surface area contributed by atoms with Gasteiger partial charge in [0, 0.05) is 6.07 Å². The fourth-order valence-electron chi connectivity index (χ4n) is 4.03. The van der Waals surface area contributed by atoms with E-state index in [-0.39, 0.29) is 43.0 Å². The molecular formula is C17H20ClN3O5. The number of hydrogen-bond acceptors (Lipinski definition) is 6. The number of nitrogens with one attached hydrogen (secondary N) is 1. The van der Waals surface area contributed by atoms with Gasteiger partial charge in [0.1, 0.15) is 12.3 Å². The molecule has 8 nitrogen and oxygen atoms in total. The molecule has 3 saturated heterocycles. The lowest BCUT2D eigenvalue weighted by molar-refractivity contribution is -0.145. The van der Waals surface area contributed by atoms with E-state index in [9.17, 15) is 14.4 Å². The highest BCUT2D eigenvalue weighted by atomic mass is 35.5. The van der Waals surface area contributed by atoms with Gasteiger partial charge in [-0.1, -0.05) is 0 Å². The van der Waals surface area contributed by atoms with Gasteiger partial charge in [0.15, 0.2) is 0 Å². The number of fused-ring (bicyclic) bond motifs is 5. The first-order valence-corrected chi connectivity index (χ1v) is 8.23. The van der Waals surface area contributed by atoms with E-state index in [0.29, 0.717) is 17.1 Å². The molecule has 3 heterocycles. The van der Waals surface area contributed by atoms with Crippen molar-refractivity contribution in [1.29, 1.82) is 0 Å². The highest BCUT2D eigenvalue weighted by molar-refractivity contribution is 6.09. The Bertz CT molecular complexity index is 743. The van der Waals surface area contributed by atoms with Crippen LogP contribution in [0.1, 0.15) is 12.8 Å². The molecule has 1 aromatic rings. The SMILES string of the molecule is COc1ccc(N)c(NC(=O)CN2C(=O)C3C4CCC(O4)C3C2=O)c1.Cl. The van der Waals surface area contributed by atoms with Gasteiger partial charge >= 0.3 is 0 Å². The van der Waals surface area contributed by atoms with Crippen LogP contribution < -0.4 is 15.8 Å². The number of amides is 3. The molecule has 3 aliphatic heterocycles. The number of imide groups is 1. The molecule has 1 aromatic carbocycles. The van der Waals surface area contributed by atoms with Gasteiger partial charge in [0.25, 0.3) is 0 Å². The maximum absolute atomic E-state index is 12.5. The Morgan fingerprint density at radius 3 is 2.46 bits per heavy atom. The number of hydrogen-bond donors (Lipinski definition) is 2. The van der Waals surface area contributed by atoms with E-state index < -0.39 is 17.7 Å². The van der Waals surface area contributed by atoms with E-state index in [1.165, 1.54) is 7.11 Å². The lowest BCUT2D eigenvalue weighted by Gasteiger charge is -2.17. The van der Waals surface area contributed by atoms with Crippen LogP contribution >= 0.6 is 12.4 Å². The van der Waals surface area contributed by atoms with Crippen LogP contribution in [-0.2, 0) is 19.1 Å². The zero-order chi connectivity index (χ0) is 17.7. The molecule has 9 heteroatoms. The summed E-state index contributed by atoms with van der Waals surface area (Å²) in [4.78, 5) is 38.5. The summed E-state index contributed by atoms with van der Waals surface area (Å²) >= 11 is 0. The Kier molecular flexibility index (Phi) is 4.81. The summed E-state index contributed by atoms with van der Waals surface area (Å²) in [6.07, 6.45) is 1.22. The van der Waals surface area contributed by atoms with Crippen LogP contribution in [0.3, 0.4) is 0 Å². The molecule has 3 aliphatic rings. The second-order valence-corrected chi connectivity index (χ2v) is 6.61. The minimum atomic E-state index is -0.477. The number of nitrogens with zero attached hydrogens (tertiary/aromatic N) is 1. The van der Waals surface area contributed by atoms with Crippen molar-refractivity contribution in [3.8, 4) is 5.75 Å². The third-order valence-corrected chi connectivity index (χ3v) is 5.21. The Balaban J connectivity index is 0.00000196. The van der Waals surface area contributed by atoms with Crippen molar-refractivity contribution in [3.63, 3.8) is 0 Å². The molecule has 4 atom stereocenters. The Morgan fingerprint density at radius 2 is 1.88 bits per heavy atom. The number of benzene rings is 1. The fraction of sp³-hybridized carbons (Fsp3) is 0.471. The van der Waals surface area contributed by atoms with Crippen LogP contribution in [0.25, 0.3) is 0 Å². The van der Waals surface area contributed by atoms with Crippen molar-refractivity contribution < 1.29 is 23.9 Å². The highest BCUT2D eigenvalue weighted by Gasteiger charge is 2.62. The van der Waals surface area contributed by atoms with E-state index >= 15 is 0 Å². The van der Waals surface area contributed by atoms with Gasteiger partial charge < -0.3 is 20.5 Å². The Hall–Kier alpha value is -2.32. The third kappa shape index (κ3) is 2.79. The normalized spacial score (nSPS) is 28.7. The third-order valence-electron chi connectivity index (χ3n) is 5.21. The monoisotopic (exact) mass is 381 g/mol. The summed E-state index contributed by atoms with van der Waals surface area (Å²) in [5, 5.41) is 2.64. The summed E-state index contributed by atoms with van der Waals surface area (Å²) < 4.78 is 10.8. The lowest BCUT2D eigenvalue weighted by atomic mass is 9.81. The van der Waals surface area contributed by atoms with Gasteiger partial charge in [-0.05, 0) is 25.0 Å². The van der Waals surface area contributed by atoms with Crippen LogP contribution in [0.15, 0.2) is 18.2 Å². The molecule has 0 radical (unpaired) electrons. The van der Waals surface area contributed by atoms with Gasteiger partial charge in [0.2, 0.25) is 17.7 Å². The first kappa shape index (κ1) is 18.5. The van der Waals surface area contributed by atoms with Crippen molar-refractivity contribution in [2.45, 2.75) is 25.0 Å². The molecule has 140 valence electrons. The largest absolute Gasteiger partial charge is 0.497 e. The maximum Gasteiger partial charge on any atom is 0.244 e. The van der Waals surface area contributed by atoms with Crippen molar-refractivity contribution in [3.05, 3.63) is 18.2 Å². The van der Waals surface area contributed by atoms with E-state index in [1.807, 2.05) is 0 Å². The Labute approximate surface area is 156 Å². The number of nitrogen functional groups attached to an aromatic ring is 1. The number of rotatable bonds is 4. The predicted molar refractivity (Wildman–Crippen MR) is 94.9 cm³/mol. The van der Waals surface area contributed by atoms with Crippen LogP contribution in [0.4, 0.5) is 11.4 Å². The van der Waals surface area contributed by atoms with Crippen LogP contribution in [-0.4, -0.2) is 48.5 Å². The topological polar surface area (TPSA) is 111 Å². The first-order valence-electron chi connectivity index (χ1n) is 8.23. The van der Waals surface area contributed by atoms with E-state index in [0.717, 1.165) is 17.7 Å². The van der Waals surface area contributed by atoms with Crippen molar-refractivity contribution in [2.24, 2.45) is 11.8 Å². The maximum atomic E-state index is 12.5.